The standard InChI is InChI=1S/C24H26N2O8/c1-6-31-24(30)21-20(15(4)27)16(5)34-22(21)25-19(28)12-33-23(29)18-10-13(2)26(14(18)3)11-17-8-7-9-32-17/h7-10H,6,11-12H2,1-5H3,(H,25,28). The molecule has 0 atom stereocenters. The van der Waals surface area contributed by atoms with Crippen LogP contribution in [0.3, 0.4) is 0 Å². The molecule has 3 aromatic heterocycles. The van der Waals surface area contributed by atoms with Crippen LogP contribution in [0, 0.1) is 20.8 Å². The predicted octanol–water partition coefficient (Wildman–Crippen LogP) is 3.82. The van der Waals surface area contributed by atoms with E-state index in [-0.39, 0.29) is 29.4 Å². The molecule has 3 heterocycles. The van der Waals surface area contributed by atoms with Crippen LogP contribution in [-0.2, 0) is 20.8 Å². The van der Waals surface area contributed by atoms with Crippen LogP contribution in [0.4, 0.5) is 5.88 Å². The lowest BCUT2D eigenvalue weighted by Gasteiger charge is -2.09. The van der Waals surface area contributed by atoms with Crippen LogP contribution in [0.5, 0.6) is 0 Å². The van der Waals surface area contributed by atoms with E-state index in [9.17, 15) is 19.2 Å². The number of carbonyl (C=O) groups excluding carboxylic acids is 4. The second-order valence-electron chi connectivity index (χ2n) is 7.59. The fraction of sp³-hybridized carbons (Fsp3) is 0.333. The fourth-order valence-corrected chi connectivity index (χ4v) is 3.64. The number of ether oxygens (including phenoxy) is 2. The van der Waals surface area contributed by atoms with Crippen molar-refractivity contribution in [1.82, 2.24) is 4.57 Å². The molecule has 0 saturated carbocycles. The van der Waals surface area contributed by atoms with Gasteiger partial charge in [-0.15, -0.1) is 0 Å². The number of nitrogens with one attached hydrogen (secondary N) is 1. The maximum Gasteiger partial charge on any atom is 0.344 e. The zero-order chi connectivity index (χ0) is 25.0. The van der Waals surface area contributed by atoms with Gasteiger partial charge in [-0.25, -0.2) is 9.59 Å². The first-order chi connectivity index (χ1) is 16.1. The number of Topliss-reactive ketones (excluding diaryl/α,β-unsaturated/α-hetero) is 1. The van der Waals surface area contributed by atoms with Crippen molar-refractivity contribution in [2.45, 2.75) is 41.2 Å². The third-order valence-electron chi connectivity index (χ3n) is 5.19. The Labute approximate surface area is 195 Å². The lowest BCUT2D eigenvalue weighted by molar-refractivity contribution is -0.119. The van der Waals surface area contributed by atoms with Gasteiger partial charge in [0.2, 0.25) is 5.88 Å². The van der Waals surface area contributed by atoms with Gasteiger partial charge in [-0.1, -0.05) is 0 Å². The lowest BCUT2D eigenvalue weighted by Crippen LogP contribution is -2.22. The van der Waals surface area contributed by atoms with Crippen LogP contribution < -0.4 is 5.32 Å². The maximum atomic E-state index is 12.6. The quantitative estimate of drug-likeness (QED) is 0.369. The van der Waals surface area contributed by atoms with Gasteiger partial charge >= 0.3 is 11.9 Å². The summed E-state index contributed by atoms with van der Waals surface area (Å²) in [5, 5.41) is 2.38. The van der Waals surface area contributed by atoms with Crippen molar-refractivity contribution in [3.05, 3.63) is 64.1 Å². The fourth-order valence-electron chi connectivity index (χ4n) is 3.64. The Hall–Kier alpha value is -4.08. The zero-order valence-corrected chi connectivity index (χ0v) is 19.6. The number of nitrogens with zero attached hydrogens (tertiary/aromatic N) is 1. The number of rotatable bonds is 9. The third-order valence-corrected chi connectivity index (χ3v) is 5.19. The molecular weight excluding hydrogens is 444 g/mol. The molecule has 34 heavy (non-hydrogen) atoms. The Morgan fingerprint density at radius 2 is 1.79 bits per heavy atom. The highest BCUT2D eigenvalue weighted by atomic mass is 16.5. The summed E-state index contributed by atoms with van der Waals surface area (Å²) in [6, 6.07) is 5.29. The molecule has 0 aliphatic rings. The van der Waals surface area contributed by atoms with Gasteiger partial charge in [0, 0.05) is 11.4 Å². The van der Waals surface area contributed by atoms with Crippen LogP contribution in [0.25, 0.3) is 0 Å². The molecule has 0 aliphatic carbocycles. The maximum absolute atomic E-state index is 12.6. The molecule has 0 fully saturated rings. The van der Waals surface area contributed by atoms with Crippen molar-refractivity contribution >= 4 is 29.5 Å². The summed E-state index contributed by atoms with van der Waals surface area (Å²) in [7, 11) is 0. The van der Waals surface area contributed by atoms with Crippen molar-refractivity contribution in [2.75, 3.05) is 18.5 Å². The average molecular weight is 470 g/mol. The number of hydrogen-bond acceptors (Lipinski definition) is 8. The van der Waals surface area contributed by atoms with Crippen molar-refractivity contribution in [1.29, 1.82) is 0 Å². The van der Waals surface area contributed by atoms with Crippen LogP contribution in [0.15, 0.2) is 33.3 Å². The zero-order valence-electron chi connectivity index (χ0n) is 19.6. The molecule has 0 aromatic carbocycles. The molecule has 0 aliphatic heterocycles. The number of carbonyl (C=O) groups is 4. The molecule has 0 saturated heterocycles. The van der Waals surface area contributed by atoms with Crippen molar-refractivity contribution in [3.8, 4) is 0 Å². The summed E-state index contributed by atoms with van der Waals surface area (Å²) in [4.78, 5) is 49.4. The van der Waals surface area contributed by atoms with E-state index in [1.165, 1.54) is 13.8 Å². The second-order valence-corrected chi connectivity index (χ2v) is 7.59. The van der Waals surface area contributed by atoms with Crippen molar-refractivity contribution in [2.24, 2.45) is 0 Å². The smallest absolute Gasteiger partial charge is 0.344 e. The summed E-state index contributed by atoms with van der Waals surface area (Å²) < 4.78 is 22.8. The van der Waals surface area contributed by atoms with Gasteiger partial charge in [-0.05, 0) is 52.8 Å². The Kier molecular flexibility index (Phi) is 7.40. The van der Waals surface area contributed by atoms with Gasteiger partial charge < -0.3 is 22.9 Å². The van der Waals surface area contributed by atoms with E-state index in [1.807, 2.05) is 17.6 Å². The molecule has 10 nitrogen and oxygen atoms in total. The molecule has 0 unspecified atom stereocenters. The second kappa shape index (κ2) is 10.2. The first-order valence-corrected chi connectivity index (χ1v) is 10.6. The minimum absolute atomic E-state index is 0.0229. The lowest BCUT2D eigenvalue weighted by atomic mass is 10.1. The Morgan fingerprint density at radius 1 is 1.06 bits per heavy atom. The minimum Gasteiger partial charge on any atom is -0.467 e. The highest BCUT2D eigenvalue weighted by molar-refractivity contribution is 6.10. The minimum atomic E-state index is -0.805. The molecule has 180 valence electrons. The molecule has 0 radical (unpaired) electrons. The molecule has 3 aromatic rings. The molecule has 3 rings (SSSR count). The number of amides is 1. The summed E-state index contributed by atoms with van der Waals surface area (Å²) in [6.45, 7) is 7.90. The predicted molar refractivity (Wildman–Crippen MR) is 120 cm³/mol. The number of aromatic nitrogens is 1. The molecule has 1 amide bonds. The highest BCUT2D eigenvalue weighted by Gasteiger charge is 2.29. The number of hydrogen-bond donors (Lipinski definition) is 1. The summed E-state index contributed by atoms with van der Waals surface area (Å²) in [5.41, 5.74) is 1.66. The van der Waals surface area contributed by atoms with Gasteiger partial charge in [0.1, 0.15) is 17.1 Å². The van der Waals surface area contributed by atoms with Gasteiger partial charge in [0.05, 0.1) is 30.5 Å². The van der Waals surface area contributed by atoms with Gasteiger partial charge in [0.15, 0.2) is 12.4 Å². The number of esters is 2. The van der Waals surface area contributed by atoms with Crippen LogP contribution >= 0.6 is 0 Å². The van der Waals surface area contributed by atoms with Gasteiger partial charge in [-0.3, -0.25) is 14.9 Å². The number of aryl methyl sites for hydroxylation is 2. The van der Waals surface area contributed by atoms with Gasteiger partial charge in [0.25, 0.3) is 5.91 Å². The molecule has 10 heteroatoms. The molecule has 1 N–H and O–H groups in total. The number of anilines is 1. The van der Waals surface area contributed by atoms with E-state index in [0.29, 0.717) is 17.8 Å². The van der Waals surface area contributed by atoms with E-state index in [1.54, 1.807) is 32.2 Å². The van der Waals surface area contributed by atoms with E-state index in [0.717, 1.165) is 11.5 Å². The van der Waals surface area contributed by atoms with Crippen molar-refractivity contribution < 1.29 is 37.5 Å². The van der Waals surface area contributed by atoms with E-state index < -0.39 is 30.2 Å². The van der Waals surface area contributed by atoms with Gasteiger partial charge in [-0.2, -0.15) is 0 Å². The Balaban J connectivity index is 1.70. The number of furan rings is 2. The topological polar surface area (TPSA) is 130 Å². The molecule has 0 bridgehead atoms. The molecular formula is C24H26N2O8. The first kappa shape index (κ1) is 24.6. The largest absolute Gasteiger partial charge is 0.467 e. The Bertz CT molecular complexity index is 1230. The summed E-state index contributed by atoms with van der Waals surface area (Å²) in [6.07, 6.45) is 1.57. The Morgan fingerprint density at radius 3 is 2.41 bits per heavy atom. The average Bonchev–Trinajstić information content (AvgIpc) is 3.47. The van der Waals surface area contributed by atoms with E-state index >= 15 is 0 Å². The monoisotopic (exact) mass is 470 g/mol. The highest BCUT2D eigenvalue weighted by Crippen LogP contribution is 2.28. The van der Waals surface area contributed by atoms with Crippen molar-refractivity contribution in [3.63, 3.8) is 0 Å². The SMILES string of the molecule is CCOC(=O)c1c(NC(=O)COC(=O)c2cc(C)n(Cc3ccco3)c2C)oc(C)c1C(C)=O. The van der Waals surface area contributed by atoms with E-state index in [2.05, 4.69) is 5.32 Å². The molecule has 0 spiro atoms. The summed E-state index contributed by atoms with van der Waals surface area (Å²) in [5.74, 6) is -1.99. The van der Waals surface area contributed by atoms with Crippen LogP contribution in [0.2, 0.25) is 0 Å². The van der Waals surface area contributed by atoms with E-state index in [4.69, 9.17) is 18.3 Å². The third kappa shape index (κ3) is 5.11. The first-order valence-electron chi connectivity index (χ1n) is 10.6. The summed E-state index contributed by atoms with van der Waals surface area (Å²) >= 11 is 0. The van der Waals surface area contributed by atoms with Crippen LogP contribution in [-0.4, -0.2) is 41.4 Å². The number of ketones is 1. The normalized spacial score (nSPS) is 10.7. The van der Waals surface area contributed by atoms with Crippen LogP contribution in [0.1, 0.15) is 67.8 Å².